The third-order valence-electron chi connectivity index (χ3n) is 2.58. The van der Waals surface area contributed by atoms with E-state index in [4.69, 9.17) is 28.3 Å². The highest BCUT2D eigenvalue weighted by Gasteiger charge is 2.25. The Balaban J connectivity index is 2.43. The SMILES string of the molecule is Cc1nc(C(=O)O)c(N(Cc2cc(Cl)cc(Cl)c2)S(=O)O)s1. The number of hydrogen-bond acceptors (Lipinski definition) is 4. The van der Waals surface area contributed by atoms with Crippen LogP contribution in [-0.4, -0.2) is 24.8 Å². The maximum absolute atomic E-state index is 11.6. The van der Waals surface area contributed by atoms with Gasteiger partial charge in [0.1, 0.15) is 5.00 Å². The van der Waals surface area contributed by atoms with E-state index >= 15 is 0 Å². The number of aromatic carboxylic acids is 1. The van der Waals surface area contributed by atoms with Crippen molar-refractivity contribution in [2.24, 2.45) is 0 Å². The molecule has 0 amide bonds. The molecule has 118 valence electrons. The molecule has 1 atom stereocenters. The van der Waals surface area contributed by atoms with Crippen molar-refractivity contribution in [2.75, 3.05) is 4.31 Å². The van der Waals surface area contributed by atoms with Gasteiger partial charge in [0.05, 0.1) is 11.6 Å². The Morgan fingerprint density at radius 3 is 2.45 bits per heavy atom. The summed E-state index contributed by atoms with van der Waals surface area (Å²) >= 11 is 10.4. The zero-order valence-electron chi connectivity index (χ0n) is 11.1. The summed E-state index contributed by atoms with van der Waals surface area (Å²) in [5.41, 5.74) is 0.306. The molecule has 1 heterocycles. The average Bonchev–Trinajstić information content (AvgIpc) is 2.76. The number of rotatable bonds is 5. The van der Waals surface area contributed by atoms with E-state index in [0.29, 0.717) is 20.6 Å². The molecule has 0 bridgehead atoms. The highest BCUT2D eigenvalue weighted by molar-refractivity contribution is 7.81. The average molecular weight is 381 g/mol. The highest BCUT2D eigenvalue weighted by Crippen LogP contribution is 2.31. The zero-order valence-corrected chi connectivity index (χ0v) is 14.3. The summed E-state index contributed by atoms with van der Waals surface area (Å²) in [7, 11) is 0. The lowest BCUT2D eigenvalue weighted by Crippen LogP contribution is -2.25. The van der Waals surface area contributed by atoms with Crippen molar-refractivity contribution >= 4 is 56.8 Å². The molecular weight excluding hydrogens is 371 g/mol. The molecule has 1 unspecified atom stereocenters. The van der Waals surface area contributed by atoms with Gasteiger partial charge in [0.2, 0.25) is 0 Å². The van der Waals surface area contributed by atoms with Gasteiger partial charge < -0.3 is 5.11 Å². The molecule has 22 heavy (non-hydrogen) atoms. The van der Waals surface area contributed by atoms with Crippen LogP contribution in [0.4, 0.5) is 5.00 Å². The zero-order chi connectivity index (χ0) is 16.4. The molecule has 2 N–H and O–H groups in total. The third-order valence-corrected chi connectivity index (χ3v) is 4.82. The number of aromatic nitrogens is 1. The monoisotopic (exact) mass is 380 g/mol. The van der Waals surface area contributed by atoms with Crippen molar-refractivity contribution < 1.29 is 18.7 Å². The van der Waals surface area contributed by atoms with Gasteiger partial charge in [0.15, 0.2) is 5.69 Å². The van der Waals surface area contributed by atoms with Crippen molar-refractivity contribution in [3.05, 3.63) is 44.5 Å². The lowest BCUT2D eigenvalue weighted by Gasteiger charge is -2.18. The molecule has 0 aliphatic heterocycles. The molecule has 2 aromatic rings. The number of aryl methyl sites for hydroxylation is 1. The Bertz CT molecular complexity index is 730. The van der Waals surface area contributed by atoms with Crippen LogP contribution < -0.4 is 4.31 Å². The Hall–Kier alpha value is -1.19. The number of carbonyl (C=O) groups is 1. The van der Waals surface area contributed by atoms with Crippen LogP contribution in [0, 0.1) is 6.92 Å². The first kappa shape index (κ1) is 17.2. The van der Waals surface area contributed by atoms with Gasteiger partial charge in [0, 0.05) is 10.0 Å². The Kier molecular flexibility index (Phi) is 5.41. The van der Waals surface area contributed by atoms with Crippen molar-refractivity contribution in [1.29, 1.82) is 0 Å². The maximum Gasteiger partial charge on any atom is 0.357 e. The lowest BCUT2D eigenvalue weighted by atomic mass is 10.2. The molecule has 0 radical (unpaired) electrons. The number of nitrogens with zero attached hydrogens (tertiary/aromatic N) is 2. The number of carboxylic acids is 1. The quantitative estimate of drug-likeness (QED) is 0.773. The van der Waals surface area contributed by atoms with Crippen LogP contribution in [0.15, 0.2) is 18.2 Å². The van der Waals surface area contributed by atoms with Gasteiger partial charge >= 0.3 is 5.97 Å². The van der Waals surface area contributed by atoms with E-state index in [-0.39, 0.29) is 17.2 Å². The van der Waals surface area contributed by atoms with Gasteiger partial charge in [-0.05, 0) is 30.7 Å². The Morgan fingerprint density at radius 2 is 1.95 bits per heavy atom. The van der Waals surface area contributed by atoms with Gasteiger partial charge in [-0.25, -0.2) is 14.0 Å². The van der Waals surface area contributed by atoms with Gasteiger partial charge in [0.25, 0.3) is 11.3 Å². The van der Waals surface area contributed by atoms with E-state index in [1.807, 2.05) is 0 Å². The fourth-order valence-electron chi connectivity index (χ4n) is 1.79. The van der Waals surface area contributed by atoms with Gasteiger partial charge in [-0.3, -0.25) is 8.86 Å². The largest absolute Gasteiger partial charge is 0.476 e. The fourth-order valence-corrected chi connectivity index (χ4v) is 3.97. The summed E-state index contributed by atoms with van der Waals surface area (Å²) in [6, 6.07) is 4.70. The van der Waals surface area contributed by atoms with E-state index < -0.39 is 17.2 Å². The van der Waals surface area contributed by atoms with Crippen LogP contribution in [0.25, 0.3) is 0 Å². The highest BCUT2D eigenvalue weighted by atomic mass is 35.5. The van der Waals surface area contributed by atoms with Crippen molar-refractivity contribution in [2.45, 2.75) is 13.5 Å². The molecule has 0 aliphatic rings. The fraction of sp³-hybridized carbons (Fsp3) is 0.167. The first-order valence-corrected chi connectivity index (χ1v) is 8.45. The number of benzene rings is 1. The number of thiazole rings is 1. The predicted molar refractivity (Wildman–Crippen MR) is 87.2 cm³/mol. The normalized spacial score (nSPS) is 12.2. The maximum atomic E-state index is 11.6. The molecule has 0 fully saturated rings. The number of carboxylic acid groups (broad SMARTS) is 1. The van der Waals surface area contributed by atoms with E-state index in [0.717, 1.165) is 15.6 Å². The van der Waals surface area contributed by atoms with E-state index in [1.54, 1.807) is 19.1 Å². The van der Waals surface area contributed by atoms with Gasteiger partial charge in [-0.15, -0.1) is 0 Å². The summed E-state index contributed by atoms with van der Waals surface area (Å²) < 4.78 is 22.1. The van der Waals surface area contributed by atoms with Crippen molar-refractivity contribution in [3.63, 3.8) is 0 Å². The van der Waals surface area contributed by atoms with Crippen LogP contribution >= 0.6 is 34.5 Å². The molecular formula is C12H10Cl2N2O4S2. The van der Waals surface area contributed by atoms with Crippen LogP contribution in [0.5, 0.6) is 0 Å². The molecule has 0 aliphatic carbocycles. The smallest absolute Gasteiger partial charge is 0.357 e. The number of halogens is 2. The number of anilines is 1. The first-order chi connectivity index (χ1) is 10.3. The minimum Gasteiger partial charge on any atom is -0.476 e. The lowest BCUT2D eigenvalue weighted by molar-refractivity contribution is 0.0692. The first-order valence-electron chi connectivity index (χ1n) is 5.82. The van der Waals surface area contributed by atoms with Crippen LogP contribution in [0.1, 0.15) is 21.1 Å². The minimum absolute atomic E-state index is 0.0364. The van der Waals surface area contributed by atoms with E-state index in [9.17, 15) is 13.6 Å². The second kappa shape index (κ2) is 6.93. The Morgan fingerprint density at radius 1 is 1.36 bits per heavy atom. The second-order valence-corrected chi connectivity index (χ2v) is 7.19. The predicted octanol–water partition coefficient (Wildman–Crippen LogP) is 3.60. The van der Waals surface area contributed by atoms with Crippen molar-refractivity contribution in [1.82, 2.24) is 4.98 Å². The topological polar surface area (TPSA) is 90.7 Å². The molecule has 0 saturated heterocycles. The van der Waals surface area contributed by atoms with E-state index in [2.05, 4.69) is 4.98 Å². The summed E-state index contributed by atoms with van der Waals surface area (Å²) in [4.78, 5) is 15.1. The molecule has 1 aromatic carbocycles. The molecule has 6 nitrogen and oxygen atoms in total. The molecule has 10 heteroatoms. The van der Waals surface area contributed by atoms with Crippen LogP contribution in [0.2, 0.25) is 10.0 Å². The molecule has 0 spiro atoms. The van der Waals surface area contributed by atoms with Crippen LogP contribution in [-0.2, 0) is 17.8 Å². The van der Waals surface area contributed by atoms with E-state index in [1.165, 1.54) is 6.07 Å². The molecule has 2 rings (SSSR count). The Labute approximate surface area is 142 Å². The molecule has 0 saturated carbocycles. The third kappa shape index (κ3) is 3.96. The summed E-state index contributed by atoms with van der Waals surface area (Å²) in [6.45, 7) is 1.58. The number of hydrogen-bond donors (Lipinski definition) is 2. The summed E-state index contributed by atoms with van der Waals surface area (Å²) in [6.07, 6.45) is 0. The van der Waals surface area contributed by atoms with Crippen molar-refractivity contribution in [3.8, 4) is 0 Å². The summed E-state index contributed by atoms with van der Waals surface area (Å²) in [5.74, 6) is -1.26. The molecule has 1 aromatic heterocycles. The minimum atomic E-state index is -2.43. The summed E-state index contributed by atoms with van der Waals surface area (Å²) in [5, 5.41) is 10.5. The second-order valence-electron chi connectivity index (χ2n) is 4.24. The standard InChI is InChI=1S/C12H10Cl2N2O4S2/c1-6-15-10(12(17)18)11(21-6)16(22(19)20)5-7-2-8(13)4-9(14)3-7/h2-4H,5H2,1H3,(H,17,18)(H,19,20). The van der Waals surface area contributed by atoms with Gasteiger partial charge in [-0.2, -0.15) is 0 Å². The van der Waals surface area contributed by atoms with Gasteiger partial charge in [-0.1, -0.05) is 34.5 Å². The van der Waals surface area contributed by atoms with Crippen LogP contribution in [0.3, 0.4) is 0 Å².